The highest BCUT2D eigenvalue weighted by atomic mass is 16.4. The van der Waals surface area contributed by atoms with Crippen molar-refractivity contribution < 1.29 is 19.1 Å². The van der Waals surface area contributed by atoms with Crippen LogP contribution in [0.25, 0.3) is 0 Å². The molecule has 1 heterocycles. The van der Waals surface area contributed by atoms with Crippen LogP contribution >= 0.6 is 0 Å². The third-order valence-electron chi connectivity index (χ3n) is 4.37. The number of aliphatic carboxylic acids is 1. The van der Waals surface area contributed by atoms with Gasteiger partial charge in [0.15, 0.2) is 0 Å². The smallest absolute Gasteiger partial charge is 0.307 e. The molecule has 1 aromatic rings. The molecule has 1 aromatic heterocycles. The van der Waals surface area contributed by atoms with E-state index in [0.717, 1.165) is 12.2 Å². The van der Waals surface area contributed by atoms with Crippen molar-refractivity contribution in [3.8, 4) is 0 Å². The fourth-order valence-electron chi connectivity index (χ4n) is 3.17. The van der Waals surface area contributed by atoms with Gasteiger partial charge in [0.05, 0.1) is 18.1 Å². The number of carbonyl (C=O) groups is 2. The Bertz CT molecular complexity index is 482. The monoisotopic (exact) mass is 293 g/mol. The Labute approximate surface area is 124 Å². The molecule has 0 spiro atoms. The lowest BCUT2D eigenvalue weighted by molar-refractivity contribution is -0.146. The fourth-order valence-corrected chi connectivity index (χ4v) is 3.17. The van der Waals surface area contributed by atoms with Gasteiger partial charge in [0, 0.05) is 12.5 Å². The molecule has 1 aliphatic carbocycles. The quantitative estimate of drug-likeness (QED) is 0.844. The van der Waals surface area contributed by atoms with E-state index in [1.807, 2.05) is 26.0 Å². The molecule has 0 aliphatic heterocycles. The molecule has 0 radical (unpaired) electrons. The number of carboxylic acids is 1. The average Bonchev–Trinajstić information content (AvgIpc) is 3.06. The van der Waals surface area contributed by atoms with Crippen LogP contribution in [0.2, 0.25) is 0 Å². The van der Waals surface area contributed by atoms with Crippen molar-refractivity contribution in [2.24, 2.45) is 17.8 Å². The third kappa shape index (κ3) is 3.86. The summed E-state index contributed by atoms with van der Waals surface area (Å²) in [7, 11) is 0. The molecule has 0 aromatic carbocycles. The summed E-state index contributed by atoms with van der Waals surface area (Å²) in [6.45, 7) is 3.95. The average molecular weight is 293 g/mol. The molecule has 1 saturated carbocycles. The van der Waals surface area contributed by atoms with Gasteiger partial charge < -0.3 is 14.8 Å². The highest BCUT2D eigenvalue weighted by Crippen LogP contribution is 2.38. The van der Waals surface area contributed by atoms with Crippen molar-refractivity contribution in [1.29, 1.82) is 0 Å². The van der Waals surface area contributed by atoms with E-state index < -0.39 is 17.8 Å². The van der Waals surface area contributed by atoms with Gasteiger partial charge in [-0.25, -0.2) is 0 Å². The molecule has 1 amide bonds. The molecular weight excluding hydrogens is 270 g/mol. The largest absolute Gasteiger partial charge is 0.481 e. The van der Waals surface area contributed by atoms with Gasteiger partial charge >= 0.3 is 5.97 Å². The van der Waals surface area contributed by atoms with Crippen LogP contribution in [0.15, 0.2) is 22.8 Å². The molecule has 5 heteroatoms. The summed E-state index contributed by atoms with van der Waals surface area (Å²) in [4.78, 5) is 23.7. The molecule has 4 unspecified atom stereocenters. The van der Waals surface area contributed by atoms with Crippen molar-refractivity contribution in [2.45, 2.75) is 45.6 Å². The number of carbonyl (C=O) groups excluding carboxylic acids is 1. The zero-order valence-electron chi connectivity index (χ0n) is 12.5. The number of carboxylic acid groups (broad SMARTS) is 1. The number of nitrogens with one attached hydrogen (secondary N) is 1. The van der Waals surface area contributed by atoms with E-state index in [-0.39, 0.29) is 11.9 Å². The number of hydrogen-bond donors (Lipinski definition) is 2. The van der Waals surface area contributed by atoms with E-state index in [4.69, 9.17) is 4.42 Å². The van der Waals surface area contributed by atoms with E-state index in [2.05, 4.69) is 5.32 Å². The van der Waals surface area contributed by atoms with Gasteiger partial charge in [0.25, 0.3) is 0 Å². The van der Waals surface area contributed by atoms with Gasteiger partial charge in [0.2, 0.25) is 5.91 Å². The Hall–Kier alpha value is -1.78. The third-order valence-corrected chi connectivity index (χ3v) is 4.37. The first-order chi connectivity index (χ1) is 10.0. The lowest BCUT2D eigenvalue weighted by Crippen LogP contribution is -2.40. The first-order valence-corrected chi connectivity index (χ1v) is 7.56. The molecular formula is C16H23NO4. The highest BCUT2D eigenvalue weighted by molar-refractivity contribution is 5.85. The first kappa shape index (κ1) is 15.6. The van der Waals surface area contributed by atoms with Crippen LogP contribution in [0.1, 0.15) is 38.9 Å². The Morgan fingerprint density at radius 2 is 2.14 bits per heavy atom. The Kier molecular flexibility index (Phi) is 5.04. The van der Waals surface area contributed by atoms with E-state index >= 15 is 0 Å². The van der Waals surface area contributed by atoms with Crippen LogP contribution in [0.4, 0.5) is 0 Å². The van der Waals surface area contributed by atoms with Crippen molar-refractivity contribution in [3.05, 3.63) is 24.2 Å². The Balaban J connectivity index is 1.93. The summed E-state index contributed by atoms with van der Waals surface area (Å²) in [6.07, 6.45) is 4.42. The molecule has 2 rings (SSSR count). The predicted octanol–water partition coefficient (Wildman–Crippen LogP) is 2.46. The fraction of sp³-hybridized carbons (Fsp3) is 0.625. The summed E-state index contributed by atoms with van der Waals surface area (Å²) >= 11 is 0. The number of hydrogen-bond acceptors (Lipinski definition) is 3. The molecule has 0 saturated heterocycles. The maximum absolute atomic E-state index is 12.4. The second kappa shape index (κ2) is 6.78. The maximum atomic E-state index is 12.4. The van der Waals surface area contributed by atoms with Crippen molar-refractivity contribution in [3.63, 3.8) is 0 Å². The SMILES string of the molecule is CCC1CC(C(=O)O)C(C(=O)NC(C)Cc2ccco2)C1. The van der Waals surface area contributed by atoms with Gasteiger partial charge in [-0.05, 0) is 37.8 Å². The molecule has 1 aliphatic rings. The van der Waals surface area contributed by atoms with Crippen LogP contribution < -0.4 is 5.32 Å². The van der Waals surface area contributed by atoms with Crippen molar-refractivity contribution >= 4 is 11.9 Å². The molecule has 21 heavy (non-hydrogen) atoms. The van der Waals surface area contributed by atoms with Crippen molar-refractivity contribution in [2.75, 3.05) is 0 Å². The predicted molar refractivity (Wildman–Crippen MR) is 77.6 cm³/mol. The standard InChI is InChI=1S/C16H23NO4/c1-3-11-8-13(14(9-11)16(19)20)15(18)17-10(2)7-12-5-4-6-21-12/h4-6,10-11,13-14H,3,7-9H2,1-2H3,(H,17,18)(H,19,20). The summed E-state index contributed by atoms with van der Waals surface area (Å²) in [5, 5.41) is 12.2. The zero-order valence-corrected chi connectivity index (χ0v) is 12.5. The topological polar surface area (TPSA) is 79.5 Å². The second-order valence-corrected chi connectivity index (χ2v) is 5.99. The Morgan fingerprint density at radius 1 is 1.43 bits per heavy atom. The molecule has 4 atom stereocenters. The van der Waals surface area contributed by atoms with Gasteiger partial charge in [-0.2, -0.15) is 0 Å². The highest BCUT2D eigenvalue weighted by Gasteiger charge is 2.42. The van der Waals surface area contributed by atoms with Gasteiger partial charge in [-0.15, -0.1) is 0 Å². The molecule has 0 bridgehead atoms. The van der Waals surface area contributed by atoms with Crippen LogP contribution in [0.5, 0.6) is 0 Å². The minimum atomic E-state index is -0.857. The van der Waals surface area contributed by atoms with Crippen LogP contribution in [-0.4, -0.2) is 23.0 Å². The van der Waals surface area contributed by atoms with Crippen LogP contribution in [0.3, 0.4) is 0 Å². The van der Waals surface area contributed by atoms with Crippen LogP contribution in [0, 0.1) is 17.8 Å². The summed E-state index contributed by atoms with van der Waals surface area (Å²) < 4.78 is 5.26. The molecule has 5 nitrogen and oxygen atoms in total. The van der Waals surface area contributed by atoms with E-state index in [1.165, 1.54) is 0 Å². The van der Waals surface area contributed by atoms with E-state index in [0.29, 0.717) is 25.2 Å². The molecule has 116 valence electrons. The lowest BCUT2D eigenvalue weighted by atomic mass is 9.95. The lowest BCUT2D eigenvalue weighted by Gasteiger charge is -2.19. The summed E-state index contributed by atoms with van der Waals surface area (Å²) in [5.74, 6) is -0.808. The van der Waals surface area contributed by atoms with Crippen LogP contribution in [-0.2, 0) is 16.0 Å². The van der Waals surface area contributed by atoms with Crippen molar-refractivity contribution in [1.82, 2.24) is 5.32 Å². The number of furan rings is 1. The number of amides is 1. The summed E-state index contributed by atoms with van der Waals surface area (Å²) in [6, 6.07) is 3.61. The van der Waals surface area contributed by atoms with E-state index in [1.54, 1.807) is 6.26 Å². The first-order valence-electron chi connectivity index (χ1n) is 7.56. The zero-order chi connectivity index (χ0) is 15.4. The van der Waals surface area contributed by atoms with Gasteiger partial charge in [-0.3, -0.25) is 9.59 Å². The molecule has 2 N–H and O–H groups in total. The van der Waals surface area contributed by atoms with Gasteiger partial charge in [0.1, 0.15) is 5.76 Å². The van der Waals surface area contributed by atoms with Gasteiger partial charge in [-0.1, -0.05) is 13.3 Å². The Morgan fingerprint density at radius 3 is 2.71 bits per heavy atom. The minimum absolute atomic E-state index is 0.0706. The summed E-state index contributed by atoms with van der Waals surface area (Å²) in [5.41, 5.74) is 0. The maximum Gasteiger partial charge on any atom is 0.307 e. The number of rotatable bonds is 6. The molecule has 1 fully saturated rings. The normalized spacial score (nSPS) is 26.5. The minimum Gasteiger partial charge on any atom is -0.481 e. The van der Waals surface area contributed by atoms with E-state index in [9.17, 15) is 14.7 Å². The second-order valence-electron chi connectivity index (χ2n) is 5.99.